The van der Waals surface area contributed by atoms with Gasteiger partial charge in [-0.15, -0.1) is 0 Å². The van der Waals surface area contributed by atoms with Gasteiger partial charge in [0.05, 0.1) is 22.3 Å². The monoisotopic (exact) mass is 695 g/mol. The fourth-order valence-corrected chi connectivity index (χ4v) is 11.9. The highest BCUT2D eigenvalue weighted by atomic mass is 16.5. The molecule has 274 valence electrons. The molecule has 4 heteroatoms. The number of hydrogen-bond acceptors (Lipinski definition) is 3. The van der Waals surface area contributed by atoms with Crippen molar-refractivity contribution in [1.82, 2.24) is 0 Å². The van der Waals surface area contributed by atoms with Crippen molar-refractivity contribution in [2.45, 2.75) is 174 Å². The minimum absolute atomic E-state index is 0.0141. The van der Waals surface area contributed by atoms with E-state index in [4.69, 9.17) is 4.74 Å². The zero-order valence-corrected chi connectivity index (χ0v) is 34.7. The molecule has 4 aliphatic heterocycles. The quantitative estimate of drug-likeness (QED) is 0.236. The Labute approximate surface area is 315 Å². The van der Waals surface area contributed by atoms with E-state index in [9.17, 15) is 0 Å². The second-order valence-electron chi connectivity index (χ2n) is 21.7. The van der Waals surface area contributed by atoms with Gasteiger partial charge < -0.3 is 14.5 Å². The Morgan fingerprint density at radius 3 is 1.87 bits per heavy atom. The molecule has 3 aromatic rings. The summed E-state index contributed by atoms with van der Waals surface area (Å²) >= 11 is 0. The van der Waals surface area contributed by atoms with Crippen LogP contribution in [-0.4, -0.2) is 17.9 Å². The normalized spacial score (nSPS) is 30.4. The lowest BCUT2D eigenvalue weighted by Crippen LogP contribution is -2.61. The van der Waals surface area contributed by atoms with E-state index in [0.717, 1.165) is 12.8 Å². The molecule has 4 heterocycles. The van der Waals surface area contributed by atoms with Crippen molar-refractivity contribution in [2.24, 2.45) is 5.41 Å². The summed E-state index contributed by atoms with van der Waals surface area (Å²) in [4.78, 5) is 5.62. The first kappa shape index (κ1) is 34.6. The van der Waals surface area contributed by atoms with E-state index >= 15 is 0 Å². The molecule has 2 fully saturated rings. The maximum absolute atomic E-state index is 7.67. The summed E-state index contributed by atoms with van der Waals surface area (Å²) < 4.78 is 7.67. The van der Waals surface area contributed by atoms with Gasteiger partial charge in [0.15, 0.2) is 0 Å². The molecule has 2 saturated carbocycles. The number of fused-ring (bicyclic) bond motifs is 8. The molecule has 3 aromatic carbocycles. The Kier molecular flexibility index (Phi) is 6.88. The molecule has 52 heavy (non-hydrogen) atoms. The number of ether oxygens (including phenoxy) is 1. The smallest absolute Gasteiger partial charge is 0.295 e. The lowest BCUT2D eigenvalue weighted by atomic mass is 9.35. The summed E-state index contributed by atoms with van der Waals surface area (Å²) in [7, 11) is 0. The van der Waals surface area contributed by atoms with Crippen LogP contribution < -0.4 is 20.7 Å². The number of rotatable bonds is 1. The first-order valence-corrected chi connectivity index (χ1v) is 20.7. The SMILES string of the molecule is CC(C)(C)c1ccc(N2C3=C(OC4(C)CCCCC34C)B3c4ccc(C(C)(C)C)c5c4N(c4cc(C(C)(C)C)cc2c43)C2(C)CCCCC52C)cc1. The van der Waals surface area contributed by atoms with Gasteiger partial charge >= 0.3 is 0 Å². The van der Waals surface area contributed by atoms with Crippen LogP contribution in [0.4, 0.5) is 22.7 Å². The summed E-state index contributed by atoms with van der Waals surface area (Å²) in [6.45, 7) is 31.8. The molecule has 0 saturated heterocycles. The second kappa shape index (κ2) is 10.3. The molecular weight excluding hydrogens is 631 g/mol. The third kappa shape index (κ3) is 4.22. The molecule has 3 nitrogen and oxygen atoms in total. The summed E-state index contributed by atoms with van der Waals surface area (Å²) in [6.07, 6.45) is 9.73. The van der Waals surface area contributed by atoms with Gasteiger partial charge in [-0.1, -0.05) is 120 Å². The molecule has 0 N–H and O–H groups in total. The van der Waals surface area contributed by atoms with Crippen molar-refractivity contribution < 1.29 is 4.74 Å². The minimum atomic E-state index is -0.244. The van der Waals surface area contributed by atoms with Crippen LogP contribution in [0, 0.1) is 5.41 Å². The van der Waals surface area contributed by atoms with Gasteiger partial charge in [0.25, 0.3) is 6.71 Å². The lowest BCUT2D eigenvalue weighted by Gasteiger charge is -2.53. The summed E-state index contributed by atoms with van der Waals surface area (Å²) in [5, 5.41) is 0. The Balaban J connectivity index is 1.43. The largest absolute Gasteiger partial charge is 0.498 e. The Hall–Kier alpha value is -3.14. The average molecular weight is 695 g/mol. The van der Waals surface area contributed by atoms with Crippen LogP contribution in [0.25, 0.3) is 0 Å². The third-order valence-electron chi connectivity index (χ3n) is 15.5. The molecule has 4 unspecified atom stereocenters. The number of hydrogen-bond donors (Lipinski definition) is 0. The predicted octanol–water partition coefficient (Wildman–Crippen LogP) is 11.5. The second-order valence-corrected chi connectivity index (χ2v) is 21.7. The van der Waals surface area contributed by atoms with Crippen molar-refractivity contribution in [3.8, 4) is 0 Å². The molecule has 2 aliphatic carbocycles. The van der Waals surface area contributed by atoms with Crippen molar-refractivity contribution >= 4 is 40.4 Å². The van der Waals surface area contributed by atoms with Crippen LogP contribution >= 0.6 is 0 Å². The maximum atomic E-state index is 7.67. The van der Waals surface area contributed by atoms with Crippen LogP contribution in [0.1, 0.15) is 164 Å². The Morgan fingerprint density at radius 2 is 1.23 bits per heavy atom. The minimum Gasteiger partial charge on any atom is -0.498 e. The van der Waals surface area contributed by atoms with E-state index < -0.39 is 0 Å². The maximum Gasteiger partial charge on any atom is 0.295 e. The van der Waals surface area contributed by atoms with Crippen LogP contribution in [0.3, 0.4) is 0 Å². The molecule has 6 aliphatic rings. The van der Waals surface area contributed by atoms with Crippen molar-refractivity contribution in [3.63, 3.8) is 0 Å². The van der Waals surface area contributed by atoms with Gasteiger partial charge in [0.1, 0.15) is 5.60 Å². The molecule has 9 rings (SSSR count). The van der Waals surface area contributed by atoms with E-state index in [1.165, 1.54) is 100 Å². The zero-order chi connectivity index (χ0) is 37.2. The lowest BCUT2D eigenvalue weighted by molar-refractivity contribution is -0.0559. The first-order chi connectivity index (χ1) is 24.2. The third-order valence-corrected chi connectivity index (χ3v) is 15.5. The van der Waals surface area contributed by atoms with E-state index in [0.29, 0.717) is 0 Å². The average Bonchev–Trinajstić information content (AvgIpc) is 3.43. The number of benzene rings is 3. The van der Waals surface area contributed by atoms with E-state index in [1.807, 2.05) is 0 Å². The van der Waals surface area contributed by atoms with E-state index in [1.54, 1.807) is 5.56 Å². The highest BCUT2D eigenvalue weighted by Crippen LogP contribution is 2.66. The zero-order valence-electron chi connectivity index (χ0n) is 34.7. The number of anilines is 4. The topological polar surface area (TPSA) is 15.7 Å². The summed E-state index contributed by atoms with van der Waals surface area (Å²) in [6, 6.07) is 19.9. The van der Waals surface area contributed by atoms with Gasteiger partial charge in [-0.3, -0.25) is 0 Å². The molecule has 4 atom stereocenters. The molecule has 0 amide bonds. The summed E-state index contributed by atoms with van der Waals surface area (Å²) in [5.74, 6) is 0. The van der Waals surface area contributed by atoms with Crippen LogP contribution in [-0.2, 0) is 26.4 Å². The first-order valence-electron chi connectivity index (χ1n) is 20.7. The molecule has 0 aromatic heterocycles. The molecule has 0 bridgehead atoms. The Bertz CT molecular complexity index is 2060. The van der Waals surface area contributed by atoms with Gasteiger partial charge in [0.2, 0.25) is 0 Å². The summed E-state index contributed by atoms with van der Waals surface area (Å²) in [5.41, 5.74) is 16.9. The highest BCUT2D eigenvalue weighted by Gasteiger charge is 2.66. The van der Waals surface area contributed by atoms with Crippen LogP contribution in [0.2, 0.25) is 0 Å². The van der Waals surface area contributed by atoms with Crippen molar-refractivity contribution in [3.05, 3.63) is 82.1 Å². The standard InChI is InChI=1S/C48H63BN2O/c1-42(2,3)30-18-20-32(21-19-30)50-35-28-31(43(4,5)6)29-36-38(35)49(41-40(50)46(11)25-15-17-27-48(46,13)52-41)34-23-22-33(44(7,8)9)37-39(34)51(36)47(12)26-16-14-24-45(37,47)10/h18-23,28-29H,14-17,24-27H2,1-13H3. The molecule has 0 spiro atoms. The predicted molar refractivity (Wildman–Crippen MR) is 222 cm³/mol. The Morgan fingerprint density at radius 1 is 0.635 bits per heavy atom. The van der Waals surface area contributed by atoms with Crippen LogP contribution in [0.5, 0.6) is 0 Å². The molecular formula is C48H63BN2O. The van der Waals surface area contributed by atoms with Crippen molar-refractivity contribution in [1.29, 1.82) is 0 Å². The number of nitrogens with zero attached hydrogens (tertiary/aromatic N) is 2. The van der Waals surface area contributed by atoms with Gasteiger partial charge in [-0.25, -0.2) is 0 Å². The highest BCUT2D eigenvalue weighted by molar-refractivity contribution is 6.94. The van der Waals surface area contributed by atoms with Crippen LogP contribution in [0.15, 0.2) is 59.9 Å². The van der Waals surface area contributed by atoms with E-state index in [-0.39, 0.29) is 44.9 Å². The van der Waals surface area contributed by atoms with Gasteiger partial charge in [-0.2, -0.15) is 0 Å². The fraction of sp³-hybridized carbons (Fsp3) is 0.583. The fourth-order valence-electron chi connectivity index (χ4n) is 11.9. The van der Waals surface area contributed by atoms with Crippen molar-refractivity contribution in [2.75, 3.05) is 9.80 Å². The van der Waals surface area contributed by atoms with E-state index in [2.05, 4.69) is 148 Å². The van der Waals surface area contributed by atoms with Gasteiger partial charge in [0, 0.05) is 28.2 Å². The molecule has 0 radical (unpaired) electrons. The van der Waals surface area contributed by atoms with Gasteiger partial charge in [-0.05, 0) is 120 Å².